The highest BCUT2D eigenvalue weighted by Gasteiger charge is 2.09. The van der Waals surface area contributed by atoms with Gasteiger partial charge in [0.2, 0.25) is 0 Å². The molecule has 3 aromatic rings. The van der Waals surface area contributed by atoms with Gasteiger partial charge in [0.15, 0.2) is 5.82 Å². The van der Waals surface area contributed by atoms with E-state index < -0.39 is 0 Å². The van der Waals surface area contributed by atoms with Crippen molar-refractivity contribution < 1.29 is 0 Å². The Balaban J connectivity index is 0.00000108. The van der Waals surface area contributed by atoms with E-state index in [1.807, 2.05) is 36.5 Å². The van der Waals surface area contributed by atoms with Crippen LogP contribution in [0.4, 0.5) is 0 Å². The quantitative estimate of drug-likeness (QED) is 0.754. The van der Waals surface area contributed by atoms with Crippen molar-refractivity contribution in [2.24, 2.45) is 0 Å². The second-order valence-electron chi connectivity index (χ2n) is 3.36. The first-order chi connectivity index (χ1) is 7.95. The highest BCUT2D eigenvalue weighted by molar-refractivity contribution is 5.85. The first kappa shape index (κ1) is 11.3. The average Bonchev–Trinajstić information content (AvgIpc) is 3.01. The summed E-state index contributed by atoms with van der Waals surface area (Å²) in [4.78, 5) is 0. The normalized spacial score (nSPS) is 9.88. The molecule has 0 spiro atoms. The standard InChI is InChI=1S/C11H9N5.ClH/c1-2-4-9(5-3-1)10-6-12-15-11(10)16-7-13-14-8-16;/h1-8H,(H,12,15);1H. The summed E-state index contributed by atoms with van der Waals surface area (Å²) in [6.07, 6.45) is 5.12. The topological polar surface area (TPSA) is 59.4 Å². The van der Waals surface area contributed by atoms with E-state index in [9.17, 15) is 0 Å². The smallest absolute Gasteiger partial charge is 0.168 e. The van der Waals surface area contributed by atoms with Crippen molar-refractivity contribution in [3.8, 4) is 16.9 Å². The Hall–Kier alpha value is -2.14. The Morgan fingerprint density at radius 2 is 1.71 bits per heavy atom. The van der Waals surface area contributed by atoms with Crippen LogP contribution in [0.25, 0.3) is 16.9 Å². The van der Waals surface area contributed by atoms with E-state index in [1.54, 1.807) is 17.2 Å². The Labute approximate surface area is 104 Å². The van der Waals surface area contributed by atoms with Crippen LogP contribution in [-0.4, -0.2) is 25.0 Å². The lowest BCUT2D eigenvalue weighted by Gasteiger charge is -2.01. The van der Waals surface area contributed by atoms with Crippen LogP contribution < -0.4 is 0 Å². The summed E-state index contributed by atoms with van der Waals surface area (Å²) in [7, 11) is 0. The molecule has 17 heavy (non-hydrogen) atoms. The minimum atomic E-state index is 0. The lowest BCUT2D eigenvalue weighted by atomic mass is 10.1. The molecule has 2 aromatic heterocycles. The molecule has 0 aliphatic heterocycles. The third kappa shape index (κ3) is 2.05. The summed E-state index contributed by atoms with van der Waals surface area (Å²) in [6.45, 7) is 0. The highest BCUT2D eigenvalue weighted by Crippen LogP contribution is 2.23. The second kappa shape index (κ2) is 4.80. The largest absolute Gasteiger partial charge is 0.283 e. The fraction of sp³-hybridized carbons (Fsp3) is 0. The van der Waals surface area contributed by atoms with E-state index in [0.29, 0.717) is 0 Å². The zero-order valence-electron chi connectivity index (χ0n) is 8.82. The zero-order valence-corrected chi connectivity index (χ0v) is 9.63. The molecule has 0 amide bonds. The maximum atomic E-state index is 4.19. The van der Waals surface area contributed by atoms with Gasteiger partial charge < -0.3 is 0 Å². The van der Waals surface area contributed by atoms with Gasteiger partial charge in [0.1, 0.15) is 12.7 Å². The molecule has 0 bridgehead atoms. The Morgan fingerprint density at radius 3 is 2.41 bits per heavy atom. The molecule has 5 nitrogen and oxygen atoms in total. The molecule has 3 rings (SSSR count). The number of rotatable bonds is 2. The lowest BCUT2D eigenvalue weighted by molar-refractivity contribution is 0.955. The number of nitrogens with zero attached hydrogens (tertiary/aromatic N) is 4. The van der Waals surface area contributed by atoms with Crippen molar-refractivity contribution >= 4 is 12.4 Å². The second-order valence-corrected chi connectivity index (χ2v) is 3.36. The number of hydrogen-bond donors (Lipinski definition) is 1. The molecular formula is C11H10ClN5. The van der Waals surface area contributed by atoms with Gasteiger partial charge >= 0.3 is 0 Å². The predicted molar refractivity (Wildman–Crippen MR) is 66.2 cm³/mol. The van der Waals surface area contributed by atoms with E-state index in [2.05, 4.69) is 20.4 Å². The third-order valence-corrected chi connectivity index (χ3v) is 2.37. The van der Waals surface area contributed by atoms with E-state index in [0.717, 1.165) is 16.9 Å². The van der Waals surface area contributed by atoms with Crippen LogP contribution in [0.2, 0.25) is 0 Å². The van der Waals surface area contributed by atoms with Gasteiger partial charge in [0.05, 0.1) is 0 Å². The van der Waals surface area contributed by atoms with Crippen LogP contribution in [0, 0.1) is 0 Å². The van der Waals surface area contributed by atoms with Crippen molar-refractivity contribution in [3.63, 3.8) is 0 Å². The van der Waals surface area contributed by atoms with Gasteiger partial charge in [-0.15, -0.1) is 22.6 Å². The molecule has 0 radical (unpaired) electrons. The monoisotopic (exact) mass is 247 g/mol. The van der Waals surface area contributed by atoms with E-state index in [1.165, 1.54) is 0 Å². The Morgan fingerprint density at radius 1 is 1.00 bits per heavy atom. The fourth-order valence-corrected chi connectivity index (χ4v) is 1.62. The van der Waals surface area contributed by atoms with Crippen molar-refractivity contribution in [2.75, 3.05) is 0 Å². The molecule has 0 fully saturated rings. The molecule has 0 unspecified atom stereocenters. The van der Waals surface area contributed by atoms with Crippen LogP contribution in [0.5, 0.6) is 0 Å². The Kier molecular flexibility index (Phi) is 3.20. The van der Waals surface area contributed by atoms with Crippen LogP contribution in [0.1, 0.15) is 0 Å². The number of aromatic amines is 1. The number of hydrogen-bond acceptors (Lipinski definition) is 3. The minimum absolute atomic E-state index is 0. The zero-order chi connectivity index (χ0) is 10.8. The number of nitrogens with one attached hydrogen (secondary N) is 1. The maximum absolute atomic E-state index is 4.19. The van der Waals surface area contributed by atoms with Gasteiger partial charge in [-0.25, -0.2) is 0 Å². The maximum Gasteiger partial charge on any atom is 0.168 e. The number of benzene rings is 1. The number of halogens is 1. The summed E-state index contributed by atoms with van der Waals surface area (Å²) in [5.74, 6) is 0.802. The first-order valence-corrected chi connectivity index (χ1v) is 4.89. The van der Waals surface area contributed by atoms with E-state index >= 15 is 0 Å². The molecule has 86 valence electrons. The van der Waals surface area contributed by atoms with Crippen molar-refractivity contribution in [1.82, 2.24) is 25.0 Å². The molecular weight excluding hydrogens is 238 g/mol. The fourth-order valence-electron chi connectivity index (χ4n) is 1.62. The van der Waals surface area contributed by atoms with Gasteiger partial charge in [-0.2, -0.15) is 5.10 Å². The number of aromatic nitrogens is 5. The molecule has 0 aliphatic rings. The summed E-state index contributed by atoms with van der Waals surface area (Å²) < 4.78 is 1.78. The molecule has 0 aliphatic carbocycles. The summed E-state index contributed by atoms with van der Waals surface area (Å²) in [5, 5.41) is 14.6. The summed E-state index contributed by atoms with van der Waals surface area (Å²) >= 11 is 0. The lowest BCUT2D eigenvalue weighted by Crippen LogP contribution is -1.92. The minimum Gasteiger partial charge on any atom is -0.283 e. The van der Waals surface area contributed by atoms with Crippen LogP contribution in [0.15, 0.2) is 49.2 Å². The van der Waals surface area contributed by atoms with Crippen LogP contribution in [-0.2, 0) is 0 Å². The van der Waals surface area contributed by atoms with Gasteiger partial charge in [0.25, 0.3) is 0 Å². The third-order valence-electron chi connectivity index (χ3n) is 2.37. The Bertz CT molecular complexity index is 573. The summed E-state index contributed by atoms with van der Waals surface area (Å²) in [6, 6.07) is 10.1. The average molecular weight is 248 g/mol. The van der Waals surface area contributed by atoms with Gasteiger partial charge in [-0.1, -0.05) is 30.3 Å². The van der Waals surface area contributed by atoms with E-state index in [4.69, 9.17) is 0 Å². The summed E-state index contributed by atoms with van der Waals surface area (Å²) in [5.41, 5.74) is 2.14. The molecule has 6 heteroatoms. The van der Waals surface area contributed by atoms with Crippen LogP contribution >= 0.6 is 12.4 Å². The molecule has 1 N–H and O–H groups in total. The predicted octanol–water partition coefficient (Wildman–Crippen LogP) is 2.08. The SMILES string of the molecule is Cl.c1ccc(-c2c[nH]nc2-n2cnnc2)cc1. The van der Waals surface area contributed by atoms with Gasteiger partial charge in [0, 0.05) is 11.8 Å². The highest BCUT2D eigenvalue weighted by atomic mass is 35.5. The molecule has 0 saturated heterocycles. The van der Waals surface area contributed by atoms with Gasteiger partial charge in [-0.05, 0) is 5.56 Å². The first-order valence-electron chi connectivity index (χ1n) is 4.89. The molecule has 0 atom stereocenters. The molecule has 2 heterocycles. The van der Waals surface area contributed by atoms with Crippen molar-refractivity contribution in [3.05, 3.63) is 49.2 Å². The van der Waals surface area contributed by atoms with E-state index in [-0.39, 0.29) is 12.4 Å². The molecule has 1 aromatic carbocycles. The molecule has 0 saturated carbocycles. The number of H-pyrrole nitrogens is 1. The van der Waals surface area contributed by atoms with Crippen LogP contribution in [0.3, 0.4) is 0 Å². The van der Waals surface area contributed by atoms with Gasteiger partial charge in [-0.3, -0.25) is 9.67 Å². The van der Waals surface area contributed by atoms with Crippen molar-refractivity contribution in [1.29, 1.82) is 0 Å². The van der Waals surface area contributed by atoms with Crippen molar-refractivity contribution in [2.45, 2.75) is 0 Å².